The Morgan fingerprint density at radius 1 is 0.929 bits per heavy atom. The Labute approximate surface area is 167 Å². The van der Waals surface area contributed by atoms with Crippen LogP contribution in [-0.4, -0.2) is 50.0 Å². The molecular weight excluding hydrogens is 382 g/mol. The van der Waals surface area contributed by atoms with Crippen LogP contribution in [0.25, 0.3) is 0 Å². The third-order valence-electron chi connectivity index (χ3n) is 4.70. The maximum absolute atomic E-state index is 12.9. The first-order valence-corrected chi connectivity index (χ1v) is 10.9. The molecule has 0 atom stereocenters. The van der Waals surface area contributed by atoms with Crippen LogP contribution in [0.1, 0.15) is 46.1 Å². The number of piperidine rings is 1. The van der Waals surface area contributed by atoms with Gasteiger partial charge in [0.05, 0.1) is 17.1 Å². The Balaban J connectivity index is 2.24. The Morgan fingerprint density at radius 3 is 1.75 bits per heavy atom. The molecule has 1 aliphatic heterocycles. The van der Waals surface area contributed by atoms with Crippen LogP contribution in [0.2, 0.25) is 0 Å². The summed E-state index contributed by atoms with van der Waals surface area (Å²) < 4.78 is 37.7. The molecule has 156 valence electrons. The van der Waals surface area contributed by atoms with Crippen molar-refractivity contribution in [1.82, 2.24) is 4.31 Å². The first kappa shape index (κ1) is 22.4. The molecule has 8 heteroatoms. The molecular formula is C20H29NO6S. The number of carbonyl (C=O) groups is 2. The smallest absolute Gasteiger partial charge is 0.323 e. The number of ether oxygens (including phenoxy) is 2. The molecule has 0 N–H and O–H groups in total. The van der Waals surface area contributed by atoms with Crippen LogP contribution < -0.4 is 0 Å². The van der Waals surface area contributed by atoms with Gasteiger partial charge in [0.15, 0.2) is 5.41 Å². The van der Waals surface area contributed by atoms with E-state index < -0.39 is 27.4 Å². The first-order chi connectivity index (χ1) is 13.0. The maximum Gasteiger partial charge on any atom is 0.323 e. The zero-order valence-electron chi connectivity index (χ0n) is 17.1. The third kappa shape index (κ3) is 4.72. The largest absolute Gasteiger partial charge is 0.462 e. The van der Waals surface area contributed by atoms with Gasteiger partial charge in [-0.3, -0.25) is 9.59 Å². The van der Waals surface area contributed by atoms with Crippen LogP contribution >= 0.6 is 0 Å². The summed E-state index contributed by atoms with van der Waals surface area (Å²) in [7, 11) is -3.70. The summed E-state index contributed by atoms with van der Waals surface area (Å²) in [6.07, 6.45) is -0.721. The molecule has 7 nitrogen and oxygen atoms in total. The first-order valence-electron chi connectivity index (χ1n) is 9.48. The van der Waals surface area contributed by atoms with Crippen LogP contribution in [0, 0.1) is 12.3 Å². The molecule has 1 aromatic carbocycles. The van der Waals surface area contributed by atoms with E-state index in [2.05, 4.69) is 0 Å². The van der Waals surface area contributed by atoms with Crippen LogP contribution in [-0.2, 0) is 29.1 Å². The number of aryl methyl sites for hydroxylation is 1. The Kier molecular flexibility index (Phi) is 6.88. The van der Waals surface area contributed by atoms with Gasteiger partial charge < -0.3 is 9.47 Å². The third-order valence-corrected chi connectivity index (χ3v) is 6.61. The lowest BCUT2D eigenvalue weighted by atomic mass is 9.79. The zero-order valence-corrected chi connectivity index (χ0v) is 17.9. The van der Waals surface area contributed by atoms with Crippen molar-refractivity contribution in [3.8, 4) is 0 Å². The predicted molar refractivity (Wildman–Crippen MR) is 104 cm³/mol. The number of rotatable bonds is 6. The van der Waals surface area contributed by atoms with Crippen LogP contribution in [0.5, 0.6) is 0 Å². The van der Waals surface area contributed by atoms with Crippen molar-refractivity contribution in [2.24, 2.45) is 5.41 Å². The molecule has 0 aromatic heterocycles. The molecule has 28 heavy (non-hydrogen) atoms. The minimum absolute atomic E-state index is 0.0230. The van der Waals surface area contributed by atoms with Crippen molar-refractivity contribution in [1.29, 1.82) is 0 Å². The fourth-order valence-electron chi connectivity index (χ4n) is 3.11. The van der Waals surface area contributed by atoms with E-state index in [-0.39, 0.29) is 43.0 Å². The molecule has 1 heterocycles. The highest BCUT2D eigenvalue weighted by Gasteiger charge is 2.52. The van der Waals surface area contributed by atoms with Gasteiger partial charge in [0.25, 0.3) is 0 Å². The van der Waals surface area contributed by atoms with Crippen LogP contribution in [0.4, 0.5) is 0 Å². The van der Waals surface area contributed by atoms with E-state index in [1.165, 1.54) is 4.31 Å². The molecule has 0 amide bonds. The van der Waals surface area contributed by atoms with Crippen molar-refractivity contribution in [2.45, 2.75) is 64.6 Å². The second kappa shape index (κ2) is 8.61. The molecule has 2 rings (SSSR count). The standard InChI is InChI=1S/C20H29NO6S/c1-14(2)26-18(22)20(19(23)27-15(3)4)10-12-21(13-11-20)28(24,25)17-8-6-16(5)7-9-17/h6-9,14-15H,10-13H2,1-5H3. The SMILES string of the molecule is Cc1ccc(S(=O)(=O)N2CCC(C(=O)OC(C)C)(C(=O)OC(C)C)CC2)cc1. The number of hydrogen-bond donors (Lipinski definition) is 0. The molecule has 1 aromatic rings. The lowest BCUT2D eigenvalue weighted by molar-refractivity contribution is -0.180. The summed E-state index contributed by atoms with van der Waals surface area (Å²) in [5, 5.41) is 0. The van der Waals surface area contributed by atoms with Gasteiger partial charge in [-0.2, -0.15) is 4.31 Å². The molecule has 0 bridgehead atoms. The van der Waals surface area contributed by atoms with E-state index in [4.69, 9.17) is 9.47 Å². The van der Waals surface area contributed by atoms with Crippen molar-refractivity contribution in [3.05, 3.63) is 29.8 Å². The van der Waals surface area contributed by atoms with Gasteiger partial charge in [-0.15, -0.1) is 0 Å². The van der Waals surface area contributed by atoms with Gasteiger partial charge in [0, 0.05) is 13.1 Å². The number of benzene rings is 1. The Morgan fingerprint density at radius 2 is 1.36 bits per heavy atom. The molecule has 0 spiro atoms. The number of esters is 2. The van der Waals surface area contributed by atoms with E-state index in [0.29, 0.717) is 0 Å². The van der Waals surface area contributed by atoms with Crippen LogP contribution in [0.3, 0.4) is 0 Å². The fourth-order valence-corrected chi connectivity index (χ4v) is 4.55. The van der Waals surface area contributed by atoms with Crippen molar-refractivity contribution < 1.29 is 27.5 Å². The van der Waals surface area contributed by atoms with Crippen molar-refractivity contribution in [2.75, 3.05) is 13.1 Å². The molecule has 0 radical (unpaired) electrons. The molecule has 1 saturated heterocycles. The Bertz CT molecular complexity index is 782. The maximum atomic E-state index is 12.9. The molecule has 1 fully saturated rings. The quantitative estimate of drug-likeness (QED) is 0.528. The van der Waals surface area contributed by atoms with Gasteiger partial charge in [-0.1, -0.05) is 17.7 Å². The predicted octanol–water partition coefficient (Wildman–Crippen LogP) is 2.67. The minimum atomic E-state index is -3.70. The lowest BCUT2D eigenvalue weighted by Crippen LogP contribution is -2.52. The highest BCUT2D eigenvalue weighted by atomic mass is 32.2. The van der Waals surface area contributed by atoms with Gasteiger partial charge in [0.2, 0.25) is 10.0 Å². The second-order valence-electron chi connectivity index (χ2n) is 7.71. The van der Waals surface area contributed by atoms with E-state index in [1.807, 2.05) is 6.92 Å². The van der Waals surface area contributed by atoms with Gasteiger partial charge in [0.1, 0.15) is 0 Å². The summed E-state index contributed by atoms with van der Waals surface area (Å²) in [5.41, 5.74) is -0.516. The monoisotopic (exact) mass is 411 g/mol. The van der Waals surface area contributed by atoms with Crippen molar-refractivity contribution in [3.63, 3.8) is 0 Å². The van der Waals surface area contributed by atoms with Gasteiger partial charge in [-0.05, 0) is 59.6 Å². The average Bonchev–Trinajstić information content (AvgIpc) is 2.60. The fraction of sp³-hybridized carbons (Fsp3) is 0.600. The molecule has 0 unspecified atom stereocenters. The van der Waals surface area contributed by atoms with Crippen LogP contribution in [0.15, 0.2) is 29.2 Å². The topological polar surface area (TPSA) is 90.0 Å². The normalized spacial score (nSPS) is 17.5. The molecule has 0 aliphatic carbocycles. The van der Waals surface area contributed by atoms with Crippen molar-refractivity contribution >= 4 is 22.0 Å². The van der Waals surface area contributed by atoms with E-state index in [1.54, 1.807) is 52.0 Å². The summed E-state index contributed by atoms with van der Waals surface area (Å²) in [6, 6.07) is 6.60. The molecule has 1 aliphatic rings. The number of carbonyl (C=O) groups excluding carboxylic acids is 2. The zero-order chi connectivity index (χ0) is 21.1. The van der Waals surface area contributed by atoms with E-state index >= 15 is 0 Å². The number of sulfonamides is 1. The summed E-state index contributed by atoms with van der Waals surface area (Å²) in [6.45, 7) is 8.78. The summed E-state index contributed by atoms with van der Waals surface area (Å²) in [5.74, 6) is -1.30. The second-order valence-corrected chi connectivity index (χ2v) is 9.65. The van der Waals surface area contributed by atoms with Gasteiger partial charge >= 0.3 is 11.9 Å². The number of nitrogens with zero attached hydrogens (tertiary/aromatic N) is 1. The highest BCUT2D eigenvalue weighted by Crippen LogP contribution is 2.37. The molecule has 0 saturated carbocycles. The Hall–Kier alpha value is -1.93. The lowest BCUT2D eigenvalue weighted by Gasteiger charge is -2.38. The summed E-state index contributed by atoms with van der Waals surface area (Å²) >= 11 is 0. The average molecular weight is 412 g/mol. The summed E-state index contributed by atoms with van der Waals surface area (Å²) in [4.78, 5) is 25.6. The minimum Gasteiger partial charge on any atom is -0.462 e. The highest BCUT2D eigenvalue weighted by molar-refractivity contribution is 7.89. The van der Waals surface area contributed by atoms with E-state index in [0.717, 1.165) is 5.56 Å². The van der Waals surface area contributed by atoms with Gasteiger partial charge in [-0.25, -0.2) is 8.42 Å². The number of hydrogen-bond acceptors (Lipinski definition) is 6. The van der Waals surface area contributed by atoms with E-state index in [9.17, 15) is 18.0 Å².